The van der Waals surface area contributed by atoms with Crippen molar-refractivity contribution < 1.29 is 0 Å². The maximum absolute atomic E-state index is 3.59. The summed E-state index contributed by atoms with van der Waals surface area (Å²) in [5.41, 5.74) is 3.08. The smallest absolute Gasteiger partial charge is 0.0208 e. The second kappa shape index (κ2) is 5.64. The van der Waals surface area contributed by atoms with Crippen molar-refractivity contribution in [2.24, 2.45) is 0 Å². The van der Waals surface area contributed by atoms with Crippen LogP contribution in [0.15, 0.2) is 24.3 Å². The average Bonchev–Trinajstić information content (AvgIpc) is 2.80. The molecule has 1 aromatic rings. The van der Waals surface area contributed by atoms with E-state index in [1.807, 2.05) is 0 Å². The van der Waals surface area contributed by atoms with Crippen LogP contribution in [0.1, 0.15) is 50.2 Å². The number of rotatable bonds is 3. The van der Waals surface area contributed by atoms with Gasteiger partial charge in [-0.15, -0.1) is 0 Å². The van der Waals surface area contributed by atoms with E-state index in [0.717, 1.165) is 25.2 Å². The number of nitrogens with zero attached hydrogens (tertiary/aromatic N) is 1. The molecule has 0 aliphatic carbocycles. The third-order valence-corrected chi connectivity index (χ3v) is 5.06. The van der Waals surface area contributed by atoms with Crippen LogP contribution in [0.25, 0.3) is 0 Å². The third-order valence-electron chi connectivity index (χ3n) is 5.06. The summed E-state index contributed by atoms with van der Waals surface area (Å²) in [6.07, 6.45) is 4.06. The SMILES string of the molecule is CCC1CCC(C)N1CC1CNCc2ccccc21. The zero-order chi connectivity index (χ0) is 13.2. The van der Waals surface area contributed by atoms with E-state index < -0.39 is 0 Å². The molecule has 1 saturated heterocycles. The summed E-state index contributed by atoms with van der Waals surface area (Å²) in [7, 11) is 0. The van der Waals surface area contributed by atoms with Gasteiger partial charge in [-0.2, -0.15) is 0 Å². The Bertz CT molecular complexity index is 429. The van der Waals surface area contributed by atoms with Crippen molar-refractivity contribution in [2.45, 2.75) is 57.7 Å². The highest BCUT2D eigenvalue weighted by Gasteiger charge is 2.32. The molecule has 2 aliphatic rings. The molecule has 0 bridgehead atoms. The van der Waals surface area contributed by atoms with Gasteiger partial charge in [-0.25, -0.2) is 0 Å². The molecular weight excluding hydrogens is 232 g/mol. The molecular formula is C17H26N2. The summed E-state index contributed by atoms with van der Waals surface area (Å²) in [6.45, 7) is 8.14. The van der Waals surface area contributed by atoms with E-state index >= 15 is 0 Å². The van der Waals surface area contributed by atoms with Crippen LogP contribution in [0.4, 0.5) is 0 Å². The Kier molecular flexibility index (Phi) is 3.90. The first-order valence-corrected chi connectivity index (χ1v) is 7.84. The number of likely N-dealkylation sites (tertiary alicyclic amines) is 1. The molecule has 104 valence electrons. The van der Waals surface area contributed by atoms with Gasteiger partial charge in [-0.3, -0.25) is 4.90 Å². The van der Waals surface area contributed by atoms with Crippen LogP contribution >= 0.6 is 0 Å². The highest BCUT2D eigenvalue weighted by molar-refractivity contribution is 5.33. The molecule has 1 N–H and O–H groups in total. The summed E-state index contributed by atoms with van der Waals surface area (Å²) < 4.78 is 0. The molecule has 1 fully saturated rings. The number of hydrogen-bond acceptors (Lipinski definition) is 2. The van der Waals surface area contributed by atoms with Crippen LogP contribution in [0.5, 0.6) is 0 Å². The van der Waals surface area contributed by atoms with Gasteiger partial charge in [0.15, 0.2) is 0 Å². The van der Waals surface area contributed by atoms with Crippen molar-refractivity contribution in [1.82, 2.24) is 10.2 Å². The summed E-state index contributed by atoms with van der Waals surface area (Å²) >= 11 is 0. The predicted molar refractivity (Wildman–Crippen MR) is 80.4 cm³/mol. The van der Waals surface area contributed by atoms with Gasteiger partial charge in [0, 0.05) is 37.6 Å². The molecule has 0 aromatic heterocycles. The number of fused-ring (bicyclic) bond motifs is 1. The van der Waals surface area contributed by atoms with Gasteiger partial charge < -0.3 is 5.32 Å². The minimum absolute atomic E-state index is 0.666. The van der Waals surface area contributed by atoms with Gasteiger partial charge in [0.2, 0.25) is 0 Å². The van der Waals surface area contributed by atoms with E-state index in [4.69, 9.17) is 0 Å². The lowest BCUT2D eigenvalue weighted by Gasteiger charge is -2.34. The van der Waals surface area contributed by atoms with E-state index in [1.165, 1.54) is 31.4 Å². The van der Waals surface area contributed by atoms with E-state index in [1.54, 1.807) is 5.56 Å². The number of nitrogens with one attached hydrogen (secondary N) is 1. The molecule has 2 heteroatoms. The summed E-state index contributed by atoms with van der Waals surface area (Å²) in [4.78, 5) is 2.76. The molecule has 3 atom stereocenters. The van der Waals surface area contributed by atoms with Crippen LogP contribution < -0.4 is 5.32 Å². The van der Waals surface area contributed by atoms with Crippen LogP contribution in [0.3, 0.4) is 0 Å². The molecule has 0 spiro atoms. The Hall–Kier alpha value is -0.860. The molecule has 1 aromatic carbocycles. The van der Waals surface area contributed by atoms with Crippen molar-refractivity contribution in [1.29, 1.82) is 0 Å². The topological polar surface area (TPSA) is 15.3 Å². The molecule has 0 radical (unpaired) electrons. The maximum atomic E-state index is 3.59. The molecule has 19 heavy (non-hydrogen) atoms. The minimum Gasteiger partial charge on any atom is -0.312 e. The zero-order valence-electron chi connectivity index (χ0n) is 12.2. The van der Waals surface area contributed by atoms with Crippen molar-refractivity contribution in [2.75, 3.05) is 13.1 Å². The van der Waals surface area contributed by atoms with Crippen LogP contribution in [-0.4, -0.2) is 30.1 Å². The molecule has 3 unspecified atom stereocenters. The quantitative estimate of drug-likeness (QED) is 0.896. The second-order valence-corrected chi connectivity index (χ2v) is 6.21. The predicted octanol–water partition coefficient (Wildman–Crippen LogP) is 3.14. The van der Waals surface area contributed by atoms with E-state index in [0.29, 0.717) is 5.92 Å². The fourth-order valence-electron chi connectivity index (χ4n) is 3.89. The van der Waals surface area contributed by atoms with Crippen molar-refractivity contribution in [3.8, 4) is 0 Å². The average molecular weight is 258 g/mol. The Morgan fingerprint density at radius 3 is 2.95 bits per heavy atom. The van der Waals surface area contributed by atoms with Gasteiger partial charge in [-0.1, -0.05) is 31.2 Å². The Balaban J connectivity index is 1.77. The van der Waals surface area contributed by atoms with E-state index in [-0.39, 0.29) is 0 Å². The van der Waals surface area contributed by atoms with Crippen LogP contribution in [-0.2, 0) is 6.54 Å². The van der Waals surface area contributed by atoms with Gasteiger partial charge in [0.1, 0.15) is 0 Å². The fraction of sp³-hybridized carbons (Fsp3) is 0.647. The van der Waals surface area contributed by atoms with Crippen molar-refractivity contribution in [3.63, 3.8) is 0 Å². The first-order chi connectivity index (χ1) is 9.29. The zero-order valence-corrected chi connectivity index (χ0v) is 12.2. The minimum atomic E-state index is 0.666. The molecule has 0 amide bonds. The summed E-state index contributed by atoms with van der Waals surface area (Å²) in [5.74, 6) is 0.666. The first kappa shape index (κ1) is 13.1. The lowest BCUT2D eigenvalue weighted by Crippen LogP contribution is -2.41. The molecule has 2 heterocycles. The van der Waals surface area contributed by atoms with Crippen molar-refractivity contribution in [3.05, 3.63) is 35.4 Å². The van der Waals surface area contributed by atoms with Gasteiger partial charge in [-0.05, 0) is 37.3 Å². The van der Waals surface area contributed by atoms with Crippen LogP contribution in [0.2, 0.25) is 0 Å². The first-order valence-electron chi connectivity index (χ1n) is 7.84. The Morgan fingerprint density at radius 2 is 2.11 bits per heavy atom. The summed E-state index contributed by atoms with van der Waals surface area (Å²) in [5, 5.41) is 3.59. The third kappa shape index (κ3) is 2.56. The summed E-state index contributed by atoms with van der Waals surface area (Å²) in [6, 6.07) is 10.5. The standard InChI is InChI=1S/C17H26N2/c1-3-16-9-8-13(2)19(16)12-15-11-18-10-14-6-4-5-7-17(14)15/h4-7,13,15-16,18H,3,8-12H2,1-2H3. The normalized spacial score (nSPS) is 31.4. The Labute approximate surface area is 117 Å². The highest BCUT2D eigenvalue weighted by atomic mass is 15.2. The second-order valence-electron chi connectivity index (χ2n) is 6.21. The lowest BCUT2D eigenvalue weighted by atomic mass is 9.90. The fourth-order valence-corrected chi connectivity index (χ4v) is 3.89. The Morgan fingerprint density at radius 1 is 1.26 bits per heavy atom. The number of benzene rings is 1. The molecule has 2 nitrogen and oxygen atoms in total. The molecule has 2 aliphatic heterocycles. The van der Waals surface area contributed by atoms with Gasteiger partial charge >= 0.3 is 0 Å². The number of hydrogen-bond donors (Lipinski definition) is 1. The van der Waals surface area contributed by atoms with E-state index in [2.05, 4.69) is 48.3 Å². The van der Waals surface area contributed by atoms with Crippen LogP contribution in [0, 0.1) is 0 Å². The monoisotopic (exact) mass is 258 g/mol. The molecule has 0 saturated carbocycles. The van der Waals surface area contributed by atoms with Crippen molar-refractivity contribution >= 4 is 0 Å². The van der Waals surface area contributed by atoms with E-state index in [9.17, 15) is 0 Å². The van der Waals surface area contributed by atoms with Gasteiger partial charge in [0.05, 0.1) is 0 Å². The largest absolute Gasteiger partial charge is 0.312 e. The maximum Gasteiger partial charge on any atom is 0.0208 e. The highest BCUT2D eigenvalue weighted by Crippen LogP contribution is 2.31. The van der Waals surface area contributed by atoms with Gasteiger partial charge in [0.25, 0.3) is 0 Å². The molecule has 3 rings (SSSR count). The lowest BCUT2D eigenvalue weighted by molar-refractivity contribution is 0.182.